The number of halogens is 2. The predicted molar refractivity (Wildman–Crippen MR) is 107 cm³/mol. The van der Waals surface area contributed by atoms with Gasteiger partial charge in [0.1, 0.15) is 5.65 Å². The predicted octanol–water partition coefficient (Wildman–Crippen LogP) is 4.09. The lowest BCUT2D eigenvalue weighted by Gasteiger charge is -2.11. The zero-order valence-electron chi connectivity index (χ0n) is 14.8. The lowest BCUT2D eigenvalue weighted by atomic mass is 10.1. The first-order valence-corrected chi connectivity index (χ1v) is 7.70. The number of rotatable bonds is 3. The first-order chi connectivity index (χ1) is 11.0. The van der Waals surface area contributed by atoms with Crippen molar-refractivity contribution in [2.24, 2.45) is 0 Å². The van der Waals surface area contributed by atoms with E-state index in [1.54, 1.807) is 19.0 Å². The maximum absolute atomic E-state index is 12.3. The second kappa shape index (κ2) is 8.37. The Kier molecular flexibility index (Phi) is 7.03. The number of imidazole rings is 1. The van der Waals surface area contributed by atoms with E-state index in [0.717, 1.165) is 28.2 Å². The van der Waals surface area contributed by atoms with Gasteiger partial charge in [-0.1, -0.05) is 35.9 Å². The number of amides is 1. The minimum Gasteiger partial charge on any atom is -0.348 e. The minimum atomic E-state index is 0. The van der Waals surface area contributed by atoms with Crippen molar-refractivity contribution in [1.29, 1.82) is 0 Å². The van der Waals surface area contributed by atoms with Crippen LogP contribution in [0.1, 0.15) is 16.8 Å². The van der Waals surface area contributed by atoms with E-state index < -0.39 is 0 Å². The molecule has 0 unspecified atom stereocenters. The third-order valence-electron chi connectivity index (χ3n) is 4.01. The number of pyridine rings is 1. The fraction of sp³-hybridized carbons (Fsp3) is 0.263. The van der Waals surface area contributed by atoms with E-state index in [-0.39, 0.29) is 30.7 Å². The van der Waals surface area contributed by atoms with Crippen molar-refractivity contribution in [2.45, 2.75) is 20.3 Å². The lowest BCUT2D eigenvalue weighted by Crippen LogP contribution is -2.24. The molecule has 25 heavy (non-hydrogen) atoms. The fourth-order valence-corrected chi connectivity index (χ4v) is 2.61. The summed E-state index contributed by atoms with van der Waals surface area (Å²) in [6, 6.07) is 12.3. The second-order valence-electron chi connectivity index (χ2n) is 6.17. The smallest absolute Gasteiger partial charge is 0.228 e. The van der Waals surface area contributed by atoms with Crippen LogP contribution in [-0.4, -0.2) is 34.3 Å². The van der Waals surface area contributed by atoms with Crippen LogP contribution in [0.4, 0.5) is 0 Å². The summed E-state index contributed by atoms with van der Waals surface area (Å²) < 4.78 is 2.03. The molecule has 4 nitrogen and oxygen atoms in total. The lowest BCUT2D eigenvalue weighted by molar-refractivity contribution is -0.128. The van der Waals surface area contributed by atoms with Gasteiger partial charge in [0.15, 0.2) is 0 Å². The summed E-state index contributed by atoms with van der Waals surface area (Å²) in [5.74, 6) is 0.0710. The molecule has 0 N–H and O–H groups in total. The highest BCUT2D eigenvalue weighted by atomic mass is 35.5. The summed E-state index contributed by atoms with van der Waals surface area (Å²) >= 11 is 0. The molecule has 1 aromatic carbocycles. The van der Waals surface area contributed by atoms with Crippen molar-refractivity contribution < 1.29 is 4.79 Å². The molecule has 0 atom stereocenters. The van der Waals surface area contributed by atoms with Crippen molar-refractivity contribution in [3.05, 3.63) is 59.4 Å². The molecule has 0 saturated carbocycles. The molecule has 0 aliphatic rings. The largest absolute Gasteiger partial charge is 0.348 e. The van der Waals surface area contributed by atoms with Crippen LogP contribution in [0.25, 0.3) is 16.9 Å². The van der Waals surface area contributed by atoms with E-state index >= 15 is 0 Å². The van der Waals surface area contributed by atoms with Gasteiger partial charge in [-0.2, -0.15) is 0 Å². The normalized spacial score (nSPS) is 10.1. The van der Waals surface area contributed by atoms with Gasteiger partial charge in [-0.3, -0.25) is 4.79 Å². The third kappa shape index (κ3) is 4.33. The Morgan fingerprint density at radius 3 is 2.20 bits per heavy atom. The van der Waals surface area contributed by atoms with Crippen molar-refractivity contribution in [2.75, 3.05) is 14.1 Å². The number of aryl methyl sites for hydroxylation is 2. The van der Waals surface area contributed by atoms with Gasteiger partial charge in [0, 0.05) is 25.9 Å². The summed E-state index contributed by atoms with van der Waals surface area (Å²) in [5.41, 5.74) is 6.08. The molecule has 0 fully saturated rings. The van der Waals surface area contributed by atoms with Gasteiger partial charge in [-0.25, -0.2) is 4.98 Å². The van der Waals surface area contributed by atoms with Gasteiger partial charge in [0.25, 0.3) is 0 Å². The highest BCUT2D eigenvalue weighted by molar-refractivity contribution is 5.85. The topological polar surface area (TPSA) is 37.6 Å². The molecule has 0 saturated heterocycles. The van der Waals surface area contributed by atoms with Crippen molar-refractivity contribution in [3.63, 3.8) is 0 Å². The fourth-order valence-electron chi connectivity index (χ4n) is 2.61. The van der Waals surface area contributed by atoms with Gasteiger partial charge in [-0.15, -0.1) is 24.8 Å². The van der Waals surface area contributed by atoms with Crippen LogP contribution >= 0.6 is 24.8 Å². The number of benzene rings is 1. The minimum absolute atomic E-state index is 0. The summed E-state index contributed by atoms with van der Waals surface area (Å²) in [6.45, 7) is 4.11. The molecule has 134 valence electrons. The van der Waals surface area contributed by atoms with Crippen LogP contribution in [0.2, 0.25) is 0 Å². The highest BCUT2D eigenvalue weighted by Crippen LogP contribution is 2.26. The number of carbonyl (C=O) groups excluding carboxylic acids is 1. The first kappa shape index (κ1) is 21.0. The molecular weight excluding hydrogens is 357 g/mol. The molecule has 3 rings (SSSR count). The van der Waals surface area contributed by atoms with Gasteiger partial charge in [0.2, 0.25) is 5.91 Å². The van der Waals surface area contributed by atoms with Crippen molar-refractivity contribution in [3.8, 4) is 11.3 Å². The molecule has 0 spiro atoms. The van der Waals surface area contributed by atoms with E-state index in [9.17, 15) is 4.79 Å². The van der Waals surface area contributed by atoms with Crippen LogP contribution in [-0.2, 0) is 11.2 Å². The Hall–Kier alpha value is -2.04. The zero-order chi connectivity index (χ0) is 16.6. The SMILES string of the molecule is Cc1ccc(-c2nc3ccc(C)cn3c2CC(=O)N(C)C)cc1.Cl.Cl. The molecule has 0 aliphatic heterocycles. The summed E-state index contributed by atoms with van der Waals surface area (Å²) in [6.07, 6.45) is 2.37. The molecule has 2 aromatic heterocycles. The molecule has 0 radical (unpaired) electrons. The Bertz CT molecular complexity index is 870. The molecule has 0 aliphatic carbocycles. The van der Waals surface area contributed by atoms with E-state index in [4.69, 9.17) is 4.98 Å². The Balaban J connectivity index is 0.00000156. The molecule has 2 heterocycles. The maximum Gasteiger partial charge on any atom is 0.228 e. The zero-order valence-corrected chi connectivity index (χ0v) is 16.4. The average molecular weight is 380 g/mol. The molecule has 6 heteroatoms. The third-order valence-corrected chi connectivity index (χ3v) is 4.01. The second-order valence-corrected chi connectivity index (χ2v) is 6.17. The number of fused-ring (bicyclic) bond motifs is 1. The van der Waals surface area contributed by atoms with E-state index in [2.05, 4.69) is 31.2 Å². The Morgan fingerprint density at radius 1 is 1.00 bits per heavy atom. The summed E-state index contributed by atoms with van der Waals surface area (Å²) in [5, 5.41) is 0. The molecular formula is C19H23Cl2N3O. The maximum atomic E-state index is 12.3. The van der Waals surface area contributed by atoms with Gasteiger partial charge in [0.05, 0.1) is 17.8 Å². The Morgan fingerprint density at radius 2 is 1.60 bits per heavy atom. The van der Waals surface area contributed by atoms with Gasteiger partial charge < -0.3 is 9.30 Å². The molecule has 0 bridgehead atoms. The number of hydrogen-bond acceptors (Lipinski definition) is 2. The van der Waals surface area contributed by atoms with Crippen LogP contribution in [0.5, 0.6) is 0 Å². The molecule has 1 amide bonds. The van der Waals surface area contributed by atoms with E-state index in [0.29, 0.717) is 6.42 Å². The van der Waals surface area contributed by atoms with E-state index in [1.165, 1.54) is 5.56 Å². The van der Waals surface area contributed by atoms with Crippen LogP contribution in [0.15, 0.2) is 42.6 Å². The number of aromatic nitrogens is 2. The standard InChI is InChI=1S/C19H21N3O.2ClH/c1-13-5-8-15(9-6-13)19-16(11-18(23)21(3)4)22-12-14(2)7-10-17(22)20-19;;/h5-10,12H,11H2,1-4H3;2*1H. The first-order valence-electron chi connectivity index (χ1n) is 7.70. The number of carbonyl (C=O) groups is 1. The number of hydrogen-bond donors (Lipinski definition) is 0. The molecule has 3 aromatic rings. The summed E-state index contributed by atoms with van der Waals surface area (Å²) in [7, 11) is 3.56. The van der Waals surface area contributed by atoms with Gasteiger partial charge >= 0.3 is 0 Å². The van der Waals surface area contributed by atoms with Crippen LogP contribution < -0.4 is 0 Å². The number of likely N-dealkylation sites (N-methyl/N-ethyl adjacent to an activating group) is 1. The van der Waals surface area contributed by atoms with Gasteiger partial charge in [-0.05, 0) is 25.5 Å². The highest BCUT2D eigenvalue weighted by Gasteiger charge is 2.18. The van der Waals surface area contributed by atoms with Crippen molar-refractivity contribution >= 4 is 36.4 Å². The quantitative estimate of drug-likeness (QED) is 0.686. The van der Waals surface area contributed by atoms with Crippen LogP contribution in [0.3, 0.4) is 0 Å². The Labute approximate surface area is 160 Å². The van der Waals surface area contributed by atoms with E-state index in [1.807, 2.05) is 29.7 Å². The number of nitrogens with zero attached hydrogens (tertiary/aromatic N) is 3. The van der Waals surface area contributed by atoms with Crippen molar-refractivity contribution in [1.82, 2.24) is 14.3 Å². The van der Waals surface area contributed by atoms with Crippen LogP contribution in [0, 0.1) is 13.8 Å². The summed E-state index contributed by atoms with van der Waals surface area (Å²) in [4.78, 5) is 18.6. The monoisotopic (exact) mass is 379 g/mol. The average Bonchev–Trinajstić information content (AvgIpc) is 2.86.